The lowest BCUT2D eigenvalue weighted by atomic mass is 10.2. The lowest BCUT2D eigenvalue weighted by Crippen LogP contribution is -2.39. The molecule has 0 heterocycles. The molecule has 2 aromatic carbocycles. The molecule has 0 aliphatic heterocycles. The summed E-state index contributed by atoms with van der Waals surface area (Å²) in [5.74, 6) is 1.61. The van der Waals surface area contributed by atoms with Crippen LogP contribution in [-0.4, -0.2) is 43.7 Å². The molecule has 1 N–H and O–H groups in total. The lowest BCUT2D eigenvalue weighted by molar-refractivity contribution is -0.122. The monoisotopic (exact) mass is 388 g/mol. The highest BCUT2D eigenvalue weighted by Gasteiger charge is 2.30. The molecule has 1 aliphatic rings. The summed E-state index contributed by atoms with van der Waals surface area (Å²) >= 11 is 5.84. The van der Waals surface area contributed by atoms with Gasteiger partial charge in [-0.25, -0.2) is 0 Å². The molecule has 6 heteroatoms. The van der Waals surface area contributed by atoms with E-state index in [1.54, 1.807) is 19.2 Å². The molecule has 0 aromatic heterocycles. The first-order chi connectivity index (χ1) is 13.1. The van der Waals surface area contributed by atoms with Crippen LogP contribution in [0.4, 0.5) is 0 Å². The summed E-state index contributed by atoms with van der Waals surface area (Å²) in [6.45, 7) is 2.07. The first-order valence-corrected chi connectivity index (χ1v) is 9.54. The highest BCUT2D eigenvalue weighted by atomic mass is 35.5. The van der Waals surface area contributed by atoms with E-state index < -0.39 is 0 Å². The highest BCUT2D eigenvalue weighted by Crippen LogP contribution is 2.28. The summed E-state index contributed by atoms with van der Waals surface area (Å²) < 4.78 is 10.8. The number of amides is 1. The molecule has 1 fully saturated rings. The van der Waals surface area contributed by atoms with E-state index in [4.69, 9.17) is 21.1 Å². The van der Waals surface area contributed by atoms with Crippen LogP contribution in [-0.2, 0) is 11.3 Å². The Morgan fingerprint density at radius 2 is 1.78 bits per heavy atom. The van der Waals surface area contributed by atoms with Gasteiger partial charge in [-0.2, -0.15) is 0 Å². The Kier molecular flexibility index (Phi) is 6.96. The number of hydrogen-bond acceptors (Lipinski definition) is 4. The number of rotatable bonds is 10. The molecule has 0 unspecified atom stereocenters. The van der Waals surface area contributed by atoms with Gasteiger partial charge in [0, 0.05) is 17.6 Å². The zero-order chi connectivity index (χ0) is 19.1. The summed E-state index contributed by atoms with van der Waals surface area (Å²) in [6, 6.07) is 15.7. The van der Waals surface area contributed by atoms with Crippen LogP contribution in [0.3, 0.4) is 0 Å². The summed E-state index contributed by atoms with van der Waals surface area (Å²) in [4.78, 5) is 14.5. The number of nitrogens with zero attached hydrogens (tertiary/aromatic N) is 1. The van der Waals surface area contributed by atoms with Gasteiger partial charge in [0.15, 0.2) is 0 Å². The minimum Gasteiger partial charge on any atom is -0.497 e. The number of nitrogens with one attached hydrogen (secondary N) is 1. The molecule has 1 saturated carbocycles. The van der Waals surface area contributed by atoms with Crippen LogP contribution in [0.2, 0.25) is 5.02 Å². The molecule has 0 bridgehead atoms. The van der Waals surface area contributed by atoms with Crippen molar-refractivity contribution in [3.05, 3.63) is 59.1 Å². The third-order valence-corrected chi connectivity index (χ3v) is 4.71. The number of ether oxygens (including phenoxy) is 2. The van der Waals surface area contributed by atoms with Gasteiger partial charge in [-0.1, -0.05) is 23.7 Å². The Bertz CT molecular complexity index is 730. The van der Waals surface area contributed by atoms with Crippen molar-refractivity contribution in [2.24, 2.45) is 0 Å². The Balaban J connectivity index is 1.41. The summed E-state index contributed by atoms with van der Waals surface area (Å²) in [7, 11) is 1.66. The lowest BCUT2D eigenvalue weighted by Gasteiger charge is -2.21. The number of methoxy groups -OCH3 is 1. The number of benzene rings is 2. The van der Waals surface area contributed by atoms with Gasteiger partial charge >= 0.3 is 0 Å². The first-order valence-electron chi connectivity index (χ1n) is 9.16. The van der Waals surface area contributed by atoms with Crippen molar-refractivity contribution >= 4 is 17.5 Å². The Morgan fingerprint density at radius 3 is 2.41 bits per heavy atom. The first kappa shape index (κ1) is 19.5. The third-order valence-electron chi connectivity index (χ3n) is 4.46. The molecule has 0 radical (unpaired) electrons. The molecule has 0 atom stereocenters. The van der Waals surface area contributed by atoms with E-state index in [9.17, 15) is 4.79 Å². The van der Waals surface area contributed by atoms with Gasteiger partial charge in [0.05, 0.1) is 20.2 Å². The molecule has 1 aliphatic carbocycles. The Labute approximate surface area is 165 Å². The fraction of sp³-hybridized carbons (Fsp3) is 0.381. The van der Waals surface area contributed by atoms with Crippen molar-refractivity contribution < 1.29 is 14.3 Å². The molecule has 5 nitrogen and oxygen atoms in total. The molecule has 1 amide bonds. The second kappa shape index (κ2) is 9.62. The van der Waals surface area contributed by atoms with Crippen molar-refractivity contribution in [2.45, 2.75) is 25.4 Å². The van der Waals surface area contributed by atoms with Gasteiger partial charge in [-0.15, -0.1) is 0 Å². The number of carbonyl (C=O) groups excluding carboxylic acids is 1. The topological polar surface area (TPSA) is 50.8 Å². The van der Waals surface area contributed by atoms with E-state index in [1.807, 2.05) is 36.4 Å². The Hall–Kier alpha value is -2.24. The van der Waals surface area contributed by atoms with Crippen LogP contribution in [0, 0.1) is 0 Å². The van der Waals surface area contributed by atoms with E-state index in [0.29, 0.717) is 30.8 Å². The van der Waals surface area contributed by atoms with E-state index in [0.717, 1.165) is 30.9 Å². The van der Waals surface area contributed by atoms with Crippen molar-refractivity contribution in [3.8, 4) is 11.5 Å². The van der Waals surface area contributed by atoms with Crippen LogP contribution >= 0.6 is 11.6 Å². The zero-order valence-corrected chi connectivity index (χ0v) is 16.2. The zero-order valence-electron chi connectivity index (χ0n) is 15.5. The quantitative estimate of drug-likeness (QED) is 0.633. The number of carbonyl (C=O) groups is 1. The minimum atomic E-state index is 0.0233. The van der Waals surface area contributed by atoms with Gasteiger partial charge in [-0.05, 0) is 54.8 Å². The second-order valence-electron chi connectivity index (χ2n) is 6.64. The fourth-order valence-corrected chi connectivity index (χ4v) is 2.98. The standard InChI is InChI=1S/C21H25ClN2O3/c1-26-19-8-2-16(3-9-19)14-24(18-6-7-18)15-21(25)23-12-13-27-20-10-4-17(22)5-11-20/h2-5,8-11,18H,6-7,12-15H2,1H3,(H,23,25). The summed E-state index contributed by atoms with van der Waals surface area (Å²) in [5.41, 5.74) is 1.18. The largest absolute Gasteiger partial charge is 0.497 e. The van der Waals surface area contributed by atoms with Crippen LogP contribution in [0.5, 0.6) is 11.5 Å². The van der Waals surface area contributed by atoms with Gasteiger partial charge in [0.25, 0.3) is 0 Å². The molecular weight excluding hydrogens is 364 g/mol. The molecule has 27 heavy (non-hydrogen) atoms. The SMILES string of the molecule is COc1ccc(CN(CC(=O)NCCOc2ccc(Cl)cc2)C2CC2)cc1. The molecule has 2 aromatic rings. The van der Waals surface area contributed by atoms with Crippen LogP contribution in [0.25, 0.3) is 0 Å². The van der Waals surface area contributed by atoms with Crippen LogP contribution in [0.15, 0.2) is 48.5 Å². The van der Waals surface area contributed by atoms with Crippen molar-refractivity contribution in [1.29, 1.82) is 0 Å². The van der Waals surface area contributed by atoms with Gasteiger partial charge in [0.1, 0.15) is 18.1 Å². The Morgan fingerprint density at radius 1 is 1.11 bits per heavy atom. The maximum atomic E-state index is 12.3. The average Bonchev–Trinajstić information content (AvgIpc) is 3.52. The third kappa shape index (κ3) is 6.45. The van der Waals surface area contributed by atoms with Crippen molar-refractivity contribution in [1.82, 2.24) is 10.2 Å². The predicted molar refractivity (Wildman–Crippen MR) is 106 cm³/mol. The highest BCUT2D eigenvalue weighted by molar-refractivity contribution is 6.30. The number of hydrogen-bond donors (Lipinski definition) is 1. The van der Waals surface area contributed by atoms with E-state index in [-0.39, 0.29) is 5.91 Å². The number of halogens is 1. The van der Waals surface area contributed by atoms with E-state index in [1.165, 1.54) is 5.56 Å². The van der Waals surface area contributed by atoms with Crippen LogP contribution < -0.4 is 14.8 Å². The maximum absolute atomic E-state index is 12.3. The van der Waals surface area contributed by atoms with Crippen molar-refractivity contribution in [3.63, 3.8) is 0 Å². The minimum absolute atomic E-state index is 0.0233. The molecular formula is C21H25ClN2O3. The van der Waals surface area contributed by atoms with E-state index >= 15 is 0 Å². The fourth-order valence-electron chi connectivity index (χ4n) is 2.85. The normalized spacial score (nSPS) is 13.4. The van der Waals surface area contributed by atoms with Gasteiger partial charge in [0.2, 0.25) is 5.91 Å². The van der Waals surface area contributed by atoms with Gasteiger partial charge < -0.3 is 14.8 Å². The molecule has 3 rings (SSSR count). The molecule has 0 spiro atoms. The van der Waals surface area contributed by atoms with E-state index in [2.05, 4.69) is 10.2 Å². The van der Waals surface area contributed by atoms with Gasteiger partial charge in [-0.3, -0.25) is 9.69 Å². The smallest absolute Gasteiger partial charge is 0.234 e. The average molecular weight is 389 g/mol. The summed E-state index contributed by atoms with van der Waals surface area (Å²) in [5, 5.41) is 3.60. The van der Waals surface area contributed by atoms with Crippen molar-refractivity contribution in [2.75, 3.05) is 26.8 Å². The maximum Gasteiger partial charge on any atom is 0.234 e. The summed E-state index contributed by atoms with van der Waals surface area (Å²) in [6.07, 6.45) is 2.31. The predicted octanol–water partition coefficient (Wildman–Crippen LogP) is 3.51. The second-order valence-corrected chi connectivity index (χ2v) is 7.07. The molecule has 144 valence electrons. The van der Waals surface area contributed by atoms with Crippen LogP contribution in [0.1, 0.15) is 18.4 Å². The molecule has 0 saturated heterocycles.